The average Bonchev–Trinajstić information content (AvgIpc) is 2.27. The molecule has 1 aromatic heterocycles. The highest BCUT2D eigenvalue weighted by Crippen LogP contribution is 2.23. The van der Waals surface area contributed by atoms with Crippen LogP contribution >= 0.6 is 15.9 Å². The highest BCUT2D eigenvalue weighted by molar-refractivity contribution is 9.10. The number of anilines is 1. The highest BCUT2D eigenvalue weighted by atomic mass is 79.9. The van der Waals surface area contributed by atoms with Crippen molar-refractivity contribution in [3.63, 3.8) is 0 Å². The summed E-state index contributed by atoms with van der Waals surface area (Å²) in [5.41, 5.74) is 8.32. The van der Waals surface area contributed by atoms with Crippen molar-refractivity contribution < 1.29 is 0 Å². The summed E-state index contributed by atoms with van der Waals surface area (Å²) in [5, 5.41) is 0. The molecule has 0 unspecified atom stereocenters. The van der Waals surface area contributed by atoms with Crippen LogP contribution in [-0.2, 0) is 0 Å². The monoisotopic (exact) mass is 240 g/mol. The molecule has 0 atom stereocenters. The van der Waals surface area contributed by atoms with Crippen molar-refractivity contribution >= 4 is 32.9 Å². The van der Waals surface area contributed by atoms with Gasteiger partial charge in [0.15, 0.2) is 0 Å². The number of imidazole rings is 1. The molecule has 0 bridgehead atoms. The Morgan fingerprint density at radius 2 is 2.15 bits per heavy atom. The van der Waals surface area contributed by atoms with Crippen molar-refractivity contribution in [1.82, 2.24) is 9.66 Å². The summed E-state index contributed by atoms with van der Waals surface area (Å²) in [7, 11) is 0. The molecule has 0 amide bonds. The Kier molecular flexibility index (Phi) is 1.69. The number of halogens is 1. The molecule has 13 heavy (non-hydrogen) atoms. The molecule has 0 fully saturated rings. The number of aryl methyl sites for hydroxylation is 1. The second kappa shape index (κ2) is 2.63. The second-order valence-electron chi connectivity index (χ2n) is 2.93. The summed E-state index contributed by atoms with van der Waals surface area (Å²) in [6.07, 6.45) is 0. The summed E-state index contributed by atoms with van der Waals surface area (Å²) < 4.78 is 2.38. The molecule has 1 heterocycles. The molecule has 4 N–H and O–H groups in total. The second-order valence-corrected chi connectivity index (χ2v) is 3.85. The van der Waals surface area contributed by atoms with Gasteiger partial charge in [0.1, 0.15) is 0 Å². The molecule has 2 aromatic rings. The van der Waals surface area contributed by atoms with E-state index in [2.05, 4.69) is 20.9 Å². The van der Waals surface area contributed by atoms with Crippen LogP contribution in [0, 0.1) is 6.92 Å². The third-order valence-electron chi connectivity index (χ3n) is 1.97. The van der Waals surface area contributed by atoms with Crippen LogP contribution in [0.4, 0.5) is 5.95 Å². The molecular formula is C8H9BrN4. The Balaban J connectivity index is 2.94. The zero-order chi connectivity index (χ0) is 9.59. The number of hydrogen-bond acceptors (Lipinski definition) is 3. The predicted octanol–water partition coefficient (Wildman–Crippen LogP) is 1.40. The Labute approximate surface area is 83.6 Å². The fourth-order valence-electron chi connectivity index (χ4n) is 1.41. The zero-order valence-corrected chi connectivity index (χ0v) is 8.67. The van der Waals surface area contributed by atoms with Crippen molar-refractivity contribution in [3.8, 4) is 0 Å². The van der Waals surface area contributed by atoms with Gasteiger partial charge in [-0.3, -0.25) is 0 Å². The first-order chi connectivity index (χ1) is 6.09. The number of hydrogen-bond donors (Lipinski definition) is 2. The van der Waals surface area contributed by atoms with Gasteiger partial charge in [-0.2, -0.15) is 0 Å². The first kappa shape index (κ1) is 8.37. The van der Waals surface area contributed by atoms with Gasteiger partial charge in [0.05, 0.1) is 11.0 Å². The van der Waals surface area contributed by atoms with Crippen LogP contribution < -0.4 is 11.6 Å². The molecule has 4 nitrogen and oxygen atoms in total. The lowest BCUT2D eigenvalue weighted by molar-refractivity contribution is 1.05. The molecule has 0 saturated carbocycles. The van der Waals surface area contributed by atoms with Crippen LogP contribution in [0.15, 0.2) is 16.6 Å². The van der Waals surface area contributed by atoms with Gasteiger partial charge in [-0.1, -0.05) is 15.9 Å². The highest BCUT2D eigenvalue weighted by Gasteiger charge is 2.08. The predicted molar refractivity (Wildman–Crippen MR) is 56.7 cm³/mol. The van der Waals surface area contributed by atoms with Gasteiger partial charge >= 0.3 is 0 Å². The van der Waals surface area contributed by atoms with Crippen molar-refractivity contribution in [2.24, 2.45) is 0 Å². The summed E-state index contributed by atoms with van der Waals surface area (Å²) in [6, 6.07) is 3.87. The number of rotatable bonds is 0. The Morgan fingerprint density at radius 1 is 1.46 bits per heavy atom. The number of nitrogen functional groups attached to an aromatic ring is 2. The molecule has 0 aliphatic carbocycles. The Morgan fingerprint density at radius 3 is 2.85 bits per heavy atom. The average molecular weight is 241 g/mol. The fraction of sp³-hybridized carbons (Fsp3) is 0.125. The Hall–Kier alpha value is -1.23. The minimum absolute atomic E-state index is 0.330. The standard InChI is InChI=1S/C8H9BrN4/c1-4-2-5(9)3-6-7(4)13(11)8(10)12-6/h2-3H,11H2,1H3,(H2,10,12). The van der Waals surface area contributed by atoms with E-state index >= 15 is 0 Å². The summed E-state index contributed by atoms with van der Waals surface area (Å²) in [5.74, 6) is 6.03. The fourth-order valence-corrected chi connectivity index (χ4v) is 1.97. The molecule has 0 spiro atoms. The third kappa shape index (κ3) is 1.16. The van der Waals surface area contributed by atoms with Crippen LogP contribution in [0.3, 0.4) is 0 Å². The summed E-state index contributed by atoms with van der Waals surface area (Å²) in [6.45, 7) is 1.97. The maximum absolute atomic E-state index is 5.70. The minimum Gasteiger partial charge on any atom is -0.368 e. The molecule has 0 saturated heterocycles. The quantitative estimate of drug-likeness (QED) is 0.685. The summed E-state index contributed by atoms with van der Waals surface area (Å²) >= 11 is 3.39. The molecule has 2 rings (SSSR count). The van der Waals surface area contributed by atoms with Gasteiger partial charge in [-0.25, -0.2) is 9.66 Å². The van der Waals surface area contributed by atoms with E-state index in [1.54, 1.807) is 0 Å². The van der Waals surface area contributed by atoms with Crippen LogP contribution in [0.1, 0.15) is 5.56 Å². The van der Waals surface area contributed by atoms with E-state index in [-0.39, 0.29) is 0 Å². The first-order valence-corrected chi connectivity index (χ1v) is 4.58. The van der Waals surface area contributed by atoms with Crippen molar-refractivity contribution in [2.75, 3.05) is 11.6 Å². The molecule has 5 heteroatoms. The van der Waals surface area contributed by atoms with Gasteiger partial charge in [0.2, 0.25) is 5.95 Å². The van der Waals surface area contributed by atoms with Gasteiger partial charge < -0.3 is 11.6 Å². The van der Waals surface area contributed by atoms with E-state index < -0.39 is 0 Å². The topological polar surface area (TPSA) is 69.9 Å². The minimum atomic E-state index is 0.330. The lowest BCUT2D eigenvalue weighted by atomic mass is 10.2. The smallest absolute Gasteiger partial charge is 0.220 e. The lowest BCUT2D eigenvalue weighted by Gasteiger charge is -2.00. The van der Waals surface area contributed by atoms with E-state index in [1.165, 1.54) is 4.68 Å². The number of nitrogens with two attached hydrogens (primary N) is 2. The van der Waals surface area contributed by atoms with Crippen LogP contribution in [0.5, 0.6) is 0 Å². The zero-order valence-electron chi connectivity index (χ0n) is 7.08. The van der Waals surface area contributed by atoms with Crippen LogP contribution in [-0.4, -0.2) is 9.66 Å². The maximum atomic E-state index is 5.70. The number of benzene rings is 1. The van der Waals surface area contributed by atoms with Gasteiger partial charge in [0.25, 0.3) is 0 Å². The molecular weight excluding hydrogens is 232 g/mol. The number of aromatic nitrogens is 2. The molecule has 68 valence electrons. The van der Waals surface area contributed by atoms with Crippen LogP contribution in [0.2, 0.25) is 0 Å². The van der Waals surface area contributed by atoms with E-state index in [0.717, 1.165) is 21.1 Å². The molecule has 0 aliphatic heterocycles. The van der Waals surface area contributed by atoms with Crippen LogP contribution in [0.25, 0.3) is 11.0 Å². The largest absolute Gasteiger partial charge is 0.368 e. The van der Waals surface area contributed by atoms with Gasteiger partial charge in [0, 0.05) is 4.47 Å². The van der Waals surface area contributed by atoms with E-state index in [4.69, 9.17) is 11.6 Å². The SMILES string of the molecule is Cc1cc(Br)cc2nc(N)n(N)c12. The van der Waals surface area contributed by atoms with Crippen molar-refractivity contribution in [3.05, 3.63) is 22.2 Å². The summed E-state index contributed by atoms with van der Waals surface area (Å²) in [4.78, 5) is 4.12. The molecule has 0 aliphatic rings. The number of nitrogens with zero attached hydrogens (tertiary/aromatic N) is 2. The lowest BCUT2D eigenvalue weighted by Crippen LogP contribution is -2.11. The van der Waals surface area contributed by atoms with Crippen molar-refractivity contribution in [1.29, 1.82) is 0 Å². The molecule has 1 aromatic carbocycles. The van der Waals surface area contributed by atoms with E-state index in [9.17, 15) is 0 Å². The van der Waals surface area contributed by atoms with Gasteiger partial charge in [-0.15, -0.1) is 0 Å². The first-order valence-electron chi connectivity index (χ1n) is 3.78. The number of fused-ring (bicyclic) bond motifs is 1. The van der Waals surface area contributed by atoms with E-state index in [0.29, 0.717) is 5.95 Å². The van der Waals surface area contributed by atoms with Gasteiger partial charge in [-0.05, 0) is 24.6 Å². The maximum Gasteiger partial charge on any atom is 0.220 e. The normalized spacial score (nSPS) is 10.9. The Bertz CT molecular complexity index is 474. The third-order valence-corrected chi connectivity index (χ3v) is 2.43. The van der Waals surface area contributed by atoms with E-state index in [1.807, 2.05) is 19.1 Å². The van der Waals surface area contributed by atoms with Crippen molar-refractivity contribution in [2.45, 2.75) is 6.92 Å². The molecule has 0 radical (unpaired) electrons.